The van der Waals surface area contributed by atoms with Crippen LogP contribution in [0.2, 0.25) is 0 Å². The summed E-state index contributed by atoms with van der Waals surface area (Å²) < 4.78 is 0. The minimum absolute atomic E-state index is 0.261. The smallest absolute Gasteiger partial charge is 0.0827 e. The van der Waals surface area contributed by atoms with Crippen LogP contribution in [0.5, 0.6) is 0 Å². The number of hydrogen-bond acceptors (Lipinski definition) is 3. The molecule has 0 bridgehead atoms. The van der Waals surface area contributed by atoms with E-state index in [0.29, 0.717) is 18.3 Å². The molecule has 0 heterocycles. The van der Waals surface area contributed by atoms with Gasteiger partial charge in [0.2, 0.25) is 0 Å². The van der Waals surface area contributed by atoms with Gasteiger partial charge in [-0.05, 0) is 44.9 Å². The topological polar surface area (TPSA) is 60.7 Å². The van der Waals surface area contributed by atoms with Gasteiger partial charge in [0.1, 0.15) is 0 Å². The van der Waals surface area contributed by atoms with Gasteiger partial charge in [0.25, 0.3) is 0 Å². The predicted molar refractivity (Wildman–Crippen MR) is 91.5 cm³/mol. The lowest BCUT2D eigenvalue weighted by atomic mass is 9.87. The van der Waals surface area contributed by atoms with Crippen LogP contribution in [-0.4, -0.2) is 33.1 Å². The lowest BCUT2D eigenvalue weighted by Gasteiger charge is -2.24. The zero-order chi connectivity index (χ0) is 16.8. The van der Waals surface area contributed by atoms with Crippen molar-refractivity contribution in [3.8, 4) is 0 Å². The zero-order valence-corrected chi connectivity index (χ0v) is 14.4. The zero-order valence-electron chi connectivity index (χ0n) is 14.4. The Morgan fingerprint density at radius 2 is 1.86 bits per heavy atom. The van der Waals surface area contributed by atoms with Gasteiger partial charge in [0.05, 0.1) is 17.8 Å². The second-order valence-electron chi connectivity index (χ2n) is 7.19. The van der Waals surface area contributed by atoms with Crippen LogP contribution in [0.15, 0.2) is 36.0 Å². The molecule has 0 radical (unpaired) electrons. The molecule has 1 rings (SSSR count). The number of allylic oxidation sites excluding steroid dienone is 2. The molecule has 0 saturated carbocycles. The van der Waals surface area contributed by atoms with Crippen LogP contribution >= 0.6 is 0 Å². The third kappa shape index (κ3) is 7.39. The molecule has 0 aromatic rings. The molecule has 0 amide bonds. The summed E-state index contributed by atoms with van der Waals surface area (Å²) in [6, 6.07) is 0. The fraction of sp³-hybridized carbons (Fsp3) is 0.684. The lowest BCUT2D eigenvalue weighted by molar-refractivity contribution is 0.0564. The summed E-state index contributed by atoms with van der Waals surface area (Å²) in [6.45, 7) is 7.97. The molecule has 0 aromatic heterocycles. The highest BCUT2D eigenvalue weighted by molar-refractivity contribution is 5.10. The minimum atomic E-state index is -1.03. The van der Waals surface area contributed by atoms with E-state index in [2.05, 4.69) is 19.9 Å². The summed E-state index contributed by atoms with van der Waals surface area (Å²) in [6.07, 6.45) is 11.0. The number of hydrogen-bond donors (Lipinski definition) is 3. The molecule has 0 saturated heterocycles. The monoisotopic (exact) mass is 308 g/mol. The Balaban J connectivity index is 2.96. The summed E-state index contributed by atoms with van der Waals surface area (Å²) >= 11 is 0. The van der Waals surface area contributed by atoms with Crippen LogP contribution in [0, 0.1) is 11.8 Å². The van der Waals surface area contributed by atoms with E-state index in [4.69, 9.17) is 0 Å². The standard InChI is InChI=1S/C19H32O3/c1-14(2)16-7-5-6-8-17(20)11-15(3)12-18(21)13-19(4,22)10-9-16/h6,8-10,12,14,16-18,20-22H,5,7,11,13H2,1-4H3/b8-6+,10-9+,15-12-/t16-,17-,18+,19-/m1/s1. The lowest BCUT2D eigenvalue weighted by Crippen LogP contribution is -2.27. The molecule has 126 valence electrons. The second-order valence-corrected chi connectivity index (χ2v) is 7.19. The van der Waals surface area contributed by atoms with E-state index in [9.17, 15) is 15.3 Å². The van der Waals surface area contributed by atoms with Gasteiger partial charge >= 0.3 is 0 Å². The first kappa shape index (κ1) is 19.1. The maximum atomic E-state index is 10.5. The normalized spacial score (nSPS) is 40.5. The van der Waals surface area contributed by atoms with E-state index in [0.717, 1.165) is 18.4 Å². The second kappa shape index (κ2) is 8.66. The molecule has 4 atom stereocenters. The first-order valence-corrected chi connectivity index (χ1v) is 8.31. The SMILES string of the molecule is C/C1=C/[C@H](O)C[C@](C)(O)/C=C/[C@H](C(C)C)CC/C=C/[C@@H](O)C1. The Kier molecular flexibility index (Phi) is 7.54. The quantitative estimate of drug-likeness (QED) is 0.651. The van der Waals surface area contributed by atoms with Gasteiger partial charge < -0.3 is 15.3 Å². The summed E-state index contributed by atoms with van der Waals surface area (Å²) in [7, 11) is 0. The average Bonchev–Trinajstić information content (AvgIpc) is 2.34. The van der Waals surface area contributed by atoms with Crippen molar-refractivity contribution >= 4 is 0 Å². The number of aliphatic hydroxyl groups is 3. The van der Waals surface area contributed by atoms with Crippen molar-refractivity contribution in [2.24, 2.45) is 11.8 Å². The van der Waals surface area contributed by atoms with Crippen LogP contribution in [0.4, 0.5) is 0 Å². The average molecular weight is 308 g/mol. The minimum Gasteiger partial charge on any atom is -0.389 e. The van der Waals surface area contributed by atoms with E-state index in [-0.39, 0.29) is 6.42 Å². The highest BCUT2D eigenvalue weighted by atomic mass is 16.3. The summed E-state index contributed by atoms with van der Waals surface area (Å²) in [4.78, 5) is 0. The van der Waals surface area contributed by atoms with Gasteiger partial charge in [-0.3, -0.25) is 0 Å². The maximum absolute atomic E-state index is 10.5. The number of aliphatic hydroxyl groups excluding tert-OH is 2. The van der Waals surface area contributed by atoms with Gasteiger partial charge in [-0.15, -0.1) is 0 Å². The molecule has 1 aliphatic rings. The highest BCUT2D eigenvalue weighted by Crippen LogP contribution is 2.23. The van der Waals surface area contributed by atoms with Crippen molar-refractivity contribution in [2.45, 2.75) is 71.2 Å². The van der Waals surface area contributed by atoms with E-state index in [1.807, 2.05) is 25.2 Å². The van der Waals surface area contributed by atoms with Crippen molar-refractivity contribution in [1.29, 1.82) is 0 Å². The van der Waals surface area contributed by atoms with Gasteiger partial charge in [0.15, 0.2) is 0 Å². The van der Waals surface area contributed by atoms with Crippen LogP contribution in [-0.2, 0) is 0 Å². The van der Waals surface area contributed by atoms with Crippen molar-refractivity contribution in [2.75, 3.05) is 0 Å². The molecule has 1 aliphatic carbocycles. The molecular weight excluding hydrogens is 276 g/mol. The van der Waals surface area contributed by atoms with Crippen molar-refractivity contribution < 1.29 is 15.3 Å². The van der Waals surface area contributed by atoms with E-state index >= 15 is 0 Å². The molecule has 3 heteroatoms. The molecule has 22 heavy (non-hydrogen) atoms. The molecule has 3 N–H and O–H groups in total. The molecule has 0 unspecified atom stereocenters. The number of rotatable bonds is 1. The van der Waals surface area contributed by atoms with Crippen molar-refractivity contribution in [3.63, 3.8) is 0 Å². The molecule has 3 nitrogen and oxygen atoms in total. The van der Waals surface area contributed by atoms with Gasteiger partial charge in [-0.2, -0.15) is 0 Å². The third-order valence-corrected chi connectivity index (χ3v) is 4.21. The van der Waals surface area contributed by atoms with Gasteiger partial charge in [-0.1, -0.05) is 49.8 Å². The largest absolute Gasteiger partial charge is 0.389 e. The van der Waals surface area contributed by atoms with Gasteiger partial charge in [-0.25, -0.2) is 0 Å². The summed E-state index contributed by atoms with van der Waals surface area (Å²) in [5.74, 6) is 0.871. The van der Waals surface area contributed by atoms with E-state index in [1.165, 1.54) is 0 Å². The predicted octanol–water partition coefficient (Wildman–Crippen LogP) is 3.36. The Morgan fingerprint density at radius 3 is 2.50 bits per heavy atom. The Labute approximate surface area is 135 Å². The molecule has 0 aromatic carbocycles. The fourth-order valence-electron chi connectivity index (χ4n) is 2.87. The van der Waals surface area contributed by atoms with Crippen LogP contribution in [0.1, 0.15) is 53.4 Å². The fourth-order valence-corrected chi connectivity index (χ4v) is 2.87. The molecule has 0 fully saturated rings. The maximum Gasteiger partial charge on any atom is 0.0827 e. The summed E-state index contributed by atoms with van der Waals surface area (Å²) in [5.41, 5.74) is -0.0939. The molecular formula is C19H32O3. The van der Waals surface area contributed by atoms with Crippen molar-refractivity contribution in [1.82, 2.24) is 0 Å². The molecule has 0 aliphatic heterocycles. The van der Waals surface area contributed by atoms with Crippen LogP contribution in [0.3, 0.4) is 0 Å². The summed E-state index contributed by atoms with van der Waals surface area (Å²) in [5, 5.41) is 30.6. The van der Waals surface area contributed by atoms with Crippen molar-refractivity contribution in [3.05, 3.63) is 36.0 Å². The first-order valence-electron chi connectivity index (χ1n) is 8.31. The van der Waals surface area contributed by atoms with E-state index < -0.39 is 17.8 Å². The van der Waals surface area contributed by atoms with Gasteiger partial charge in [0, 0.05) is 6.42 Å². The Morgan fingerprint density at radius 1 is 1.18 bits per heavy atom. The Hall–Kier alpha value is -0.900. The van der Waals surface area contributed by atoms with Crippen LogP contribution < -0.4 is 0 Å². The first-order chi connectivity index (χ1) is 10.2. The van der Waals surface area contributed by atoms with E-state index in [1.54, 1.807) is 13.0 Å². The molecule has 0 spiro atoms. The Bertz CT molecular complexity index is 418. The van der Waals surface area contributed by atoms with Crippen LogP contribution in [0.25, 0.3) is 0 Å². The highest BCUT2D eigenvalue weighted by Gasteiger charge is 2.22. The third-order valence-electron chi connectivity index (χ3n) is 4.21.